The highest BCUT2D eigenvalue weighted by Crippen LogP contribution is 2.10. The van der Waals surface area contributed by atoms with Crippen LogP contribution in [0.15, 0.2) is 35.3 Å². The summed E-state index contributed by atoms with van der Waals surface area (Å²) in [5.74, 6) is 0.507. The molecule has 0 aliphatic carbocycles. The van der Waals surface area contributed by atoms with E-state index >= 15 is 0 Å². The Hall–Kier alpha value is -3.09. The molecule has 110 valence electrons. The van der Waals surface area contributed by atoms with E-state index in [1.807, 2.05) is 0 Å². The standard InChI is InChI=1S/C15H13N5O2/c1-9-18-14-13(15(22)19-9)20-12(7-17-14)6-16-11-4-2-10(8-21)3-5-11/h2-5,7-8,16H,6H2,1H3,(H,17,18,19,22). The van der Waals surface area contributed by atoms with Gasteiger partial charge in [-0.25, -0.2) is 15.0 Å². The lowest BCUT2D eigenvalue weighted by Crippen LogP contribution is -2.14. The monoisotopic (exact) mass is 295 g/mol. The topological polar surface area (TPSA) is 101 Å². The van der Waals surface area contributed by atoms with E-state index in [9.17, 15) is 9.59 Å². The van der Waals surface area contributed by atoms with Gasteiger partial charge in [0.15, 0.2) is 11.2 Å². The van der Waals surface area contributed by atoms with Crippen molar-refractivity contribution in [3.8, 4) is 0 Å². The molecule has 0 saturated carbocycles. The first-order valence-electron chi connectivity index (χ1n) is 6.67. The number of anilines is 1. The molecule has 0 unspecified atom stereocenters. The van der Waals surface area contributed by atoms with Gasteiger partial charge in [0.25, 0.3) is 5.56 Å². The van der Waals surface area contributed by atoms with E-state index in [1.165, 1.54) is 0 Å². The van der Waals surface area contributed by atoms with Crippen LogP contribution in [0.1, 0.15) is 21.9 Å². The Morgan fingerprint density at radius 1 is 1.23 bits per heavy atom. The number of benzene rings is 1. The summed E-state index contributed by atoms with van der Waals surface area (Å²) in [4.78, 5) is 37.6. The van der Waals surface area contributed by atoms with Crippen molar-refractivity contribution in [3.63, 3.8) is 0 Å². The number of aryl methyl sites for hydroxylation is 1. The summed E-state index contributed by atoms with van der Waals surface area (Å²) in [5, 5.41) is 3.16. The number of aromatic nitrogens is 4. The Labute approximate surface area is 125 Å². The molecule has 0 saturated heterocycles. The van der Waals surface area contributed by atoms with Crippen molar-refractivity contribution in [2.45, 2.75) is 13.5 Å². The normalized spacial score (nSPS) is 10.6. The van der Waals surface area contributed by atoms with Crippen LogP contribution < -0.4 is 10.9 Å². The average molecular weight is 295 g/mol. The summed E-state index contributed by atoms with van der Waals surface area (Å²) in [7, 11) is 0. The van der Waals surface area contributed by atoms with Crippen molar-refractivity contribution >= 4 is 23.1 Å². The lowest BCUT2D eigenvalue weighted by molar-refractivity contribution is 0.112. The van der Waals surface area contributed by atoms with E-state index in [2.05, 4.69) is 25.3 Å². The number of hydrogen-bond acceptors (Lipinski definition) is 6. The zero-order valence-electron chi connectivity index (χ0n) is 11.8. The van der Waals surface area contributed by atoms with Gasteiger partial charge in [-0.1, -0.05) is 0 Å². The number of carbonyl (C=O) groups excluding carboxylic acids is 1. The number of carbonyl (C=O) groups is 1. The van der Waals surface area contributed by atoms with Gasteiger partial charge in [-0.3, -0.25) is 9.59 Å². The first kappa shape index (κ1) is 13.9. The smallest absolute Gasteiger partial charge is 0.279 e. The molecule has 2 aromatic heterocycles. The maximum Gasteiger partial charge on any atom is 0.279 e. The SMILES string of the molecule is Cc1nc2ncc(CNc3ccc(C=O)cc3)nc2c(=O)[nH]1. The Bertz CT molecular complexity index is 887. The molecule has 0 spiro atoms. The Kier molecular flexibility index (Phi) is 3.61. The molecular formula is C15H13N5O2. The number of aromatic amines is 1. The summed E-state index contributed by atoms with van der Waals surface area (Å²) in [5.41, 5.74) is 2.35. The van der Waals surface area contributed by atoms with E-state index in [0.717, 1.165) is 12.0 Å². The second-order valence-electron chi connectivity index (χ2n) is 4.78. The minimum Gasteiger partial charge on any atom is -0.379 e. The van der Waals surface area contributed by atoms with Crippen LogP contribution in [0, 0.1) is 6.92 Å². The third kappa shape index (κ3) is 2.83. The lowest BCUT2D eigenvalue weighted by atomic mass is 10.2. The van der Waals surface area contributed by atoms with Gasteiger partial charge in [0, 0.05) is 11.3 Å². The molecule has 0 amide bonds. The molecule has 3 aromatic rings. The maximum atomic E-state index is 11.8. The molecule has 0 atom stereocenters. The Balaban J connectivity index is 1.81. The molecule has 7 heteroatoms. The Morgan fingerprint density at radius 3 is 2.73 bits per heavy atom. The van der Waals surface area contributed by atoms with Gasteiger partial charge in [0.2, 0.25) is 0 Å². The number of aldehydes is 1. The quantitative estimate of drug-likeness (QED) is 0.706. The van der Waals surface area contributed by atoms with Crippen molar-refractivity contribution < 1.29 is 4.79 Å². The van der Waals surface area contributed by atoms with Crippen LogP contribution in [-0.4, -0.2) is 26.2 Å². The van der Waals surface area contributed by atoms with Gasteiger partial charge in [-0.15, -0.1) is 0 Å². The fourth-order valence-electron chi connectivity index (χ4n) is 2.02. The number of rotatable bonds is 4. The summed E-state index contributed by atoms with van der Waals surface area (Å²) < 4.78 is 0. The second-order valence-corrected chi connectivity index (χ2v) is 4.78. The van der Waals surface area contributed by atoms with Crippen molar-refractivity contribution in [2.75, 3.05) is 5.32 Å². The van der Waals surface area contributed by atoms with Gasteiger partial charge in [0.1, 0.15) is 12.1 Å². The number of H-pyrrole nitrogens is 1. The Morgan fingerprint density at radius 2 is 2.00 bits per heavy atom. The van der Waals surface area contributed by atoms with Crippen molar-refractivity contribution in [1.82, 2.24) is 19.9 Å². The highest BCUT2D eigenvalue weighted by molar-refractivity contribution is 5.75. The van der Waals surface area contributed by atoms with Crippen LogP contribution in [0.25, 0.3) is 11.2 Å². The molecular weight excluding hydrogens is 282 g/mol. The first-order chi connectivity index (χ1) is 10.7. The predicted molar refractivity (Wildman–Crippen MR) is 81.8 cm³/mol. The lowest BCUT2D eigenvalue weighted by Gasteiger charge is -2.06. The molecule has 0 aliphatic rings. The molecule has 3 rings (SSSR count). The van der Waals surface area contributed by atoms with Crippen LogP contribution in [0.4, 0.5) is 5.69 Å². The van der Waals surface area contributed by atoms with Crippen molar-refractivity contribution in [1.29, 1.82) is 0 Å². The van der Waals surface area contributed by atoms with Crippen LogP contribution in [0.5, 0.6) is 0 Å². The molecule has 2 N–H and O–H groups in total. The van der Waals surface area contributed by atoms with Gasteiger partial charge < -0.3 is 10.3 Å². The first-order valence-corrected chi connectivity index (χ1v) is 6.67. The molecule has 0 bridgehead atoms. The summed E-state index contributed by atoms with van der Waals surface area (Å²) in [6.07, 6.45) is 2.38. The van der Waals surface area contributed by atoms with Crippen LogP contribution in [0.2, 0.25) is 0 Å². The highest BCUT2D eigenvalue weighted by Gasteiger charge is 2.06. The molecule has 0 aliphatic heterocycles. The van der Waals surface area contributed by atoms with E-state index in [-0.39, 0.29) is 11.1 Å². The number of nitrogens with one attached hydrogen (secondary N) is 2. The number of hydrogen-bond donors (Lipinski definition) is 2. The van der Waals surface area contributed by atoms with Crippen LogP contribution in [-0.2, 0) is 6.54 Å². The third-order valence-electron chi connectivity index (χ3n) is 3.11. The molecule has 0 radical (unpaired) electrons. The average Bonchev–Trinajstić information content (AvgIpc) is 2.53. The summed E-state index contributed by atoms with van der Waals surface area (Å²) in [6.45, 7) is 2.11. The van der Waals surface area contributed by atoms with Crippen molar-refractivity contribution in [3.05, 3.63) is 57.9 Å². The molecule has 22 heavy (non-hydrogen) atoms. The molecule has 0 fully saturated rings. The van der Waals surface area contributed by atoms with E-state index < -0.39 is 0 Å². The molecule has 7 nitrogen and oxygen atoms in total. The second kappa shape index (κ2) is 5.72. The van der Waals surface area contributed by atoms with Crippen LogP contribution in [0.3, 0.4) is 0 Å². The van der Waals surface area contributed by atoms with Gasteiger partial charge >= 0.3 is 0 Å². The molecule has 2 heterocycles. The highest BCUT2D eigenvalue weighted by atomic mass is 16.1. The fourth-order valence-corrected chi connectivity index (χ4v) is 2.02. The van der Waals surface area contributed by atoms with Crippen LogP contribution >= 0.6 is 0 Å². The minimum atomic E-state index is -0.299. The van der Waals surface area contributed by atoms with Crippen molar-refractivity contribution in [2.24, 2.45) is 0 Å². The zero-order valence-corrected chi connectivity index (χ0v) is 11.8. The molecule has 1 aromatic carbocycles. The van der Waals surface area contributed by atoms with E-state index in [0.29, 0.717) is 29.3 Å². The maximum absolute atomic E-state index is 11.8. The largest absolute Gasteiger partial charge is 0.379 e. The van der Waals surface area contributed by atoms with E-state index in [4.69, 9.17) is 0 Å². The van der Waals surface area contributed by atoms with Gasteiger partial charge in [-0.05, 0) is 31.2 Å². The van der Waals surface area contributed by atoms with E-state index in [1.54, 1.807) is 37.4 Å². The number of fused-ring (bicyclic) bond motifs is 1. The zero-order chi connectivity index (χ0) is 15.5. The summed E-state index contributed by atoms with van der Waals surface area (Å²) in [6, 6.07) is 7.05. The van der Waals surface area contributed by atoms with Gasteiger partial charge in [-0.2, -0.15) is 0 Å². The van der Waals surface area contributed by atoms with Gasteiger partial charge in [0.05, 0.1) is 18.4 Å². The minimum absolute atomic E-state index is 0.223. The third-order valence-corrected chi connectivity index (χ3v) is 3.11. The predicted octanol–water partition coefficient (Wildman–Crippen LogP) is 1.45. The number of nitrogens with zero attached hydrogens (tertiary/aromatic N) is 3. The fraction of sp³-hybridized carbons (Fsp3) is 0.133. The summed E-state index contributed by atoms with van der Waals surface area (Å²) >= 11 is 0.